The van der Waals surface area contributed by atoms with Crippen molar-refractivity contribution in [2.45, 2.75) is 57.8 Å². The lowest BCUT2D eigenvalue weighted by molar-refractivity contribution is 0.295. The molecule has 0 bridgehead atoms. The molecule has 0 unspecified atom stereocenters. The highest BCUT2D eigenvalue weighted by atomic mass is 19.2. The van der Waals surface area contributed by atoms with Crippen LogP contribution >= 0.6 is 0 Å². The summed E-state index contributed by atoms with van der Waals surface area (Å²) in [5, 5.41) is 0. The Morgan fingerprint density at radius 1 is 0.900 bits per heavy atom. The Kier molecular flexibility index (Phi) is 7.57. The molecule has 1 aliphatic rings. The highest BCUT2D eigenvalue weighted by molar-refractivity contribution is 5.66. The number of ether oxygens (including phenoxy) is 1. The van der Waals surface area contributed by atoms with Crippen LogP contribution in [0.4, 0.5) is 17.6 Å². The number of rotatable bonds is 8. The Labute approximate surface area is 175 Å². The molecule has 5 heteroatoms. The van der Waals surface area contributed by atoms with Gasteiger partial charge in [0.25, 0.3) is 0 Å². The molecular weight excluding hydrogens is 392 g/mol. The van der Waals surface area contributed by atoms with Crippen molar-refractivity contribution in [1.82, 2.24) is 0 Å². The van der Waals surface area contributed by atoms with E-state index in [4.69, 9.17) is 4.74 Å². The summed E-state index contributed by atoms with van der Waals surface area (Å²) in [7, 11) is 0. The normalized spacial score (nSPS) is 19.0. The van der Waals surface area contributed by atoms with Gasteiger partial charge in [-0.15, -0.1) is 6.58 Å². The van der Waals surface area contributed by atoms with E-state index in [1.54, 1.807) is 0 Å². The van der Waals surface area contributed by atoms with Crippen molar-refractivity contribution < 1.29 is 22.3 Å². The molecule has 30 heavy (non-hydrogen) atoms. The fraction of sp³-hybridized carbons (Fsp3) is 0.440. The summed E-state index contributed by atoms with van der Waals surface area (Å²) in [6, 6.07) is 5.34. The zero-order chi connectivity index (χ0) is 21.7. The monoisotopic (exact) mass is 420 g/mol. The second-order valence-electron chi connectivity index (χ2n) is 8.00. The molecule has 1 saturated carbocycles. The predicted octanol–water partition coefficient (Wildman–Crippen LogP) is 7.94. The van der Waals surface area contributed by atoms with Gasteiger partial charge in [0.1, 0.15) is 0 Å². The Hall–Kier alpha value is -2.30. The van der Waals surface area contributed by atoms with E-state index in [0.717, 1.165) is 38.5 Å². The van der Waals surface area contributed by atoms with Gasteiger partial charge >= 0.3 is 0 Å². The average Bonchev–Trinajstić information content (AvgIpc) is 2.76. The third-order valence-electron chi connectivity index (χ3n) is 5.98. The van der Waals surface area contributed by atoms with Crippen molar-refractivity contribution in [1.29, 1.82) is 0 Å². The molecule has 2 aromatic rings. The molecule has 1 aliphatic carbocycles. The van der Waals surface area contributed by atoms with Crippen LogP contribution in [0.3, 0.4) is 0 Å². The fourth-order valence-electron chi connectivity index (χ4n) is 4.27. The predicted molar refractivity (Wildman–Crippen MR) is 112 cm³/mol. The van der Waals surface area contributed by atoms with E-state index < -0.39 is 23.3 Å². The molecular formula is C25H28F4O. The fourth-order valence-corrected chi connectivity index (χ4v) is 4.27. The Balaban J connectivity index is 1.82. The molecule has 0 spiro atoms. The largest absolute Gasteiger partial charge is 0.490 e. The van der Waals surface area contributed by atoms with Crippen LogP contribution < -0.4 is 4.74 Å². The number of benzene rings is 2. The van der Waals surface area contributed by atoms with Crippen molar-refractivity contribution in [2.75, 3.05) is 6.61 Å². The van der Waals surface area contributed by atoms with Crippen LogP contribution in [-0.4, -0.2) is 6.61 Å². The third-order valence-corrected chi connectivity index (χ3v) is 5.98. The van der Waals surface area contributed by atoms with E-state index in [2.05, 4.69) is 6.58 Å². The van der Waals surface area contributed by atoms with Gasteiger partial charge in [-0.3, -0.25) is 0 Å². The average molecular weight is 420 g/mol. The summed E-state index contributed by atoms with van der Waals surface area (Å²) in [5.74, 6) is -4.23. The first-order valence-corrected chi connectivity index (χ1v) is 10.7. The molecule has 162 valence electrons. The highest BCUT2D eigenvalue weighted by Gasteiger charge is 2.27. The van der Waals surface area contributed by atoms with E-state index in [-0.39, 0.29) is 29.4 Å². The molecule has 3 rings (SSSR count). The van der Waals surface area contributed by atoms with Crippen LogP contribution in [0, 0.1) is 29.2 Å². The summed E-state index contributed by atoms with van der Waals surface area (Å²) in [5.41, 5.74) is -0.274. The van der Waals surface area contributed by atoms with Crippen molar-refractivity contribution in [3.63, 3.8) is 0 Å². The highest BCUT2D eigenvalue weighted by Crippen LogP contribution is 2.40. The lowest BCUT2D eigenvalue weighted by Crippen LogP contribution is -2.15. The molecule has 0 saturated heterocycles. The minimum Gasteiger partial charge on any atom is -0.490 e. The SMILES string of the molecule is C=CCCC1CCC(c2ccc(-c3ccc(OCCC)c(F)c3F)c(F)c2F)CC1. The van der Waals surface area contributed by atoms with E-state index in [0.29, 0.717) is 17.9 Å². The quantitative estimate of drug-likeness (QED) is 0.311. The van der Waals surface area contributed by atoms with Crippen LogP contribution in [0.2, 0.25) is 0 Å². The molecule has 0 N–H and O–H groups in total. The molecule has 0 amide bonds. The van der Waals surface area contributed by atoms with Gasteiger partial charge in [0.2, 0.25) is 5.82 Å². The molecule has 0 aromatic heterocycles. The Morgan fingerprint density at radius 2 is 1.53 bits per heavy atom. The summed E-state index contributed by atoms with van der Waals surface area (Å²) >= 11 is 0. The third kappa shape index (κ3) is 4.71. The Bertz CT molecular complexity index is 885. The van der Waals surface area contributed by atoms with E-state index in [1.165, 1.54) is 24.3 Å². The standard InChI is InChI=1S/C25H28F4O/c1-3-5-6-16-7-9-17(10-8-16)18-11-12-19(23(27)22(18)26)20-13-14-21(30-15-4-2)25(29)24(20)28/h3,11-14,16-17H,1,4-10,15H2,2H3. The summed E-state index contributed by atoms with van der Waals surface area (Å²) < 4.78 is 63.7. The first-order valence-electron chi connectivity index (χ1n) is 10.7. The van der Waals surface area contributed by atoms with Gasteiger partial charge in [0.05, 0.1) is 6.61 Å². The second-order valence-corrected chi connectivity index (χ2v) is 8.00. The van der Waals surface area contributed by atoms with Crippen LogP contribution in [0.5, 0.6) is 5.75 Å². The maximum Gasteiger partial charge on any atom is 0.201 e. The van der Waals surface area contributed by atoms with Crippen LogP contribution in [0.25, 0.3) is 11.1 Å². The molecule has 0 aliphatic heterocycles. The zero-order valence-corrected chi connectivity index (χ0v) is 17.3. The van der Waals surface area contributed by atoms with Crippen molar-refractivity contribution in [2.24, 2.45) is 5.92 Å². The number of hydrogen-bond acceptors (Lipinski definition) is 1. The maximum atomic E-state index is 14.9. The second kappa shape index (κ2) is 10.1. The minimum absolute atomic E-state index is 0.0556. The zero-order valence-electron chi connectivity index (χ0n) is 17.3. The maximum absolute atomic E-state index is 14.9. The van der Waals surface area contributed by atoms with Gasteiger partial charge in [-0.2, -0.15) is 4.39 Å². The van der Waals surface area contributed by atoms with Crippen molar-refractivity contribution in [3.05, 3.63) is 65.8 Å². The molecule has 0 radical (unpaired) electrons. The summed E-state index contributed by atoms with van der Waals surface area (Å²) in [6.45, 7) is 5.83. The molecule has 0 heterocycles. The van der Waals surface area contributed by atoms with Gasteiger partial charge in [0, 0.05) is 11.1 Å². The van der Waals surface area contributed by atoms with E-state index >= 15 is 0 Å². The minimum atomic E-state index is -1.24. The van der Waals surface area contributed by atoms with E-state index in [9.17, 15) is 17.6 Å². The first-order chi connectivity index (χ1) is 14.5. The summed E-state index contributed by atoms with van der Waals surface area (Å²) in [6.07, 6.45) is 8.13. The summed E-state index contributed by atoms with van der Waals surface area (Å²) in [4.78, 5) is 0. The van der Waals surface area contributed by atoms with Crippen LogP contribution in [-0.2, 0) is 0 Å². The van der Waals surface area contributed by atoms with Gasteiger partial charge < -0.3 is 4.74 Å². The Morgan fingerprint density at radius 3 is 2.17 bits per heavy atom. The van der Waals surface area contributed by atoms with E-state index in [1.807, 2.05) is 13.0 Å². The number of hydrogen-bond donors (Lipinski definition) is 0. The van der Waals surface area contributed by atoms with Gasteiger partial charge in [-0.05, 0) is 74.5 Å². The van der Waals surface area contributed by atoms with Gasteiger partial charge in [-0.25, -0.2) is 13.2 Å². The molecule has 0 atom stereocenters. The molecule has 1 fully saturated rings. The van der Waals surface area contributed by atoms with Crippen molar-refractivity contribution >= 4 is 0 Å². The molecule has 1 nitrogen and oxygen atoms in total. The van der Waals surface area contributed by atoms with Gasteiger partial charge in [-0.1, -0.05) is 25.1 Å². The lowest BCUT2D eigenvalue weighted by atomic mass is 9.77. The lowest BCUT2D eigenvalue weighted by Gasteiger charge is -2.29. The smallest absolute Gasteiger partial charge is 0.201 e. The van der Waals surface area contributed by atoms with Crippen LogP contribution in [0.15, 0.2) is 36.9 Å². The molecule has 2 aromatic carbocycles. The van der Waals surface area contributed by atoms with Gasteiger partial charge in [0.15, 0.2) is 23.2 Å². The first kappa shape index (κ1) is 22.4. The topological polar surface area (TPSA) is 9.23 Å². The number of allylic oxidation sites excluding steroid dienone is 1. The number of halogens is 4. The van der Waals surface area contributed by atoms with Crippen molar-refractivity contribution in [3.8, 4) is 16.9 Å². The van der Waals surface area contributed by atoms with Crippen LogP contribution in [0.1, 0.15) is 63.4 Å².